The van der Waals surface area contributed by atoms with E-state index < -0.39 is 28.7 Å². The summed E-state index contributed by atoms with van der Waals surface area (Å²) in [5.41, 5.74) is -0.633. The molecule has 26 heavy (non-hydrogen) atoms. The van der Waals surface area contributed by atoms with Gasteiger partial charge in [0.2, 0.25) is 5.91 Å². The maximum absolute atomic E-state index is 12.8. The van der Waals surface area contributed by atoms with E-state index in [1.54, 1.807) is 32.7 Å². The Labute approximate surface area is 185 Å². The van der Waals surface area contributed by atoms with Crippen LogP contribution in [-0.4, -0.2) is 82.6 Å². The average Bonchev–Trinajstić information content (AvgIpc) is 2.53. The van der Waals surface area contributed by atoms with Crippen LogP contribution in [0.5, 0.6) is 0 Å². The molecule has 0 aromatic carbocycles. The number of nitrogens with zero attached hydrogens (tertiary/aromatic N) is 5. The molecule has 8 nitrogen and oxygen atoms in total. The minimum atomic E-state index is -0.670. The summed E-state index contributed by atoms with van der Waals surface area (Å²) in [5.74, 6) is -0.569. The Balaban J connectivity index is 0.00000625. The van der Waals surface area contributed by atoms with Gasteiger partial charge in [0, 0.05) is 52.8 Å². The number of hydrogen-bond donors (Lipinski definition) is 0. The number of carbonyl (C=O) groups excluding carboxylic acids is 2. The summed E-state index contributed by atoms with van der Waals surface area (Å²) in [7, 11) is 1.55. The molecule has 145 valence electrons. The van der Waals surface area contributed by atoms with Crippen LogP contribution in [-0.2, 0) is 42.2 Å². The van der Waals surface area contributed by atoms with Crippen LogP contribution in [0.3, 0.4) is 0 Å². The van der Waals surface area contributed by atoms with E-state index in [1.807, 2.05) is 6.92 Å². The summed E-state index contributed by atoms with van der Waals surface area (Å²) in [4.78, 5) is 29.4. The average molecular weight is 461 g/mol. The third kappa shape index (κ3) is 7.12. The van der Waals surface area contributed by atoms with E-state index in [0.29, 0.717) is 32.6 Å². The molecule has 0 aliphatic carbocycles. The Hall–Kier alpha value is -0.726. The van der Waals surface area contributed by atoms with E-state index in [9.17, 15) is 15.0 Å². The second kappa shape index (κ2) is 10.6. The summed E-state index contributed by atoms with van der Waals surface area (Å²) in [5, 5.41) is 18.1. The summed E-state index contributed by atoms with van der Waals surface area (Å²) in [6.07, 6.45) is -0.0819. The first-order chi connectivity index (χ1) is 11.5. The first-order valence-electron chi connectivity index (χ1n) is 8.25. The molecule has 0 bridgehead atoms. The Morgan fingerprint density at radius 3 is 2.00 bits per heavy atom. The predicted octanol–water partition coefficient (Wildman–Crippen LogP) is 1.95. The largest absolute Gasteiger partial charge is 0.794 e. The van der Waals surface area contributed by atoms with Gasteiger partial charge in [-0.1, -0.05) is 17.9 Å². The van der Waals surface area contributed by atoms with Gasteiger partial charge in [-0.2, -0.15) is 0 Å². The maximum Gasteiger partial charge on any atom is 0.410 e. The zero-order valence-electron chi connectivity index (χ0n) is 16.0. The Bertz CT molecular complexity index is 544. The van der Waals surface area contributed by atoms with Crippen molar-refractivity contribution in [3.8, 4) is 0 Å². The van der Waals surface area contributed by atoms with Crippen molar-refractivity contribution >= 4 is 34.6 Å². The van der Waals surface area contributed by atoms with Gasteiger partial charge in [0.25, 0.3) is 0 Å². The van der Waals surface area contributed by atoms with Gasteiger partial charge in [-0.15, -0.1) is 11.6 Å². The summed E-state index contributed by atoms with van der Waals surface area (Å²) >= 11 is 5.37. The van der Waals surface area contributed by atoms with Crippen molar-refractivity contribution in [1.82, 2.24) is 14.7 Å². The SMILES string of the molecule is CCC(C(=O)N1CCN(C(=[N-])C(=[N-])Cl)CC1)N(C)C(=O)OC(C)(C)C.[Y]. The molecule has 1 unspecified atom stereocenters. The molecular formula is C16H26ClN5O3Y-2. The van der Waals surface area contributed by atoms with Crippen LogP contribution in [0.15, 0.2) is 0 Å². The molecule has 0 aromatic rings. The van der Waals surface area contributed by atoms with Gasteiger partial charge >= 0.3 is 6.09 Å². The van der Waals surface area contributed by atoms with Gasteiger partial charge in [0.1, 0.15) is 11.6 Å². The van der Waals surface area contributed by atoms with Gasteiger partial charge < -0.3 is 25.4 Å². The monoisotopic (exact) mass is 460 g/mol. The molecule has 1 aliphatic heterocycles. The zero-order chi connectivity index (χ0) is 19.4. The van der Waals surface area contributed by atoms with Crippen LogP contribution in [0, 0.1) is 0 Å². The van der Waals surface area contributed by atoms with E-state index in [-0.39, 0.29) is 38.6 Å². The third-order valence-corrected chi connectivity index (χ3v) is 4.07. The number of likely N-dealkylation sites (N-methyl/N-ethyl adjacent to an activating group) is 1. The fourth-order valence-electron chi connectivity index (χ4n) is 2.56. The van der Waals surface area contributed by atoms with Crippen molar-refractivity contribution in [2.24, 2.45) is 0 Å². The van der Waals surface area contributed by atoms with Gasteiger partial charge in [0.05, 0.1) is 0 Å². The second-order valence-corrected chi connectivity index (χ2v) is 7.30. The number of carbonyl (C=O) groups is 2. The molecule has 1 rings (SSSR count). The molecule has 1 atom stereocenters. The predicted molar refractivity (Wildman–Crippen MR) is 98.8 cm³/mol. The van der Waals surface area contributed by atoms with Crippen LogP contribution >= 0.6 is 11.6 Å². The van der Waals surface area contributed by atoms with E-state index >= 15 is 0 Å². The normalized spacial score (nSPS) is 15.6. The molecule has 1 saturated heterocycles. The number of piperazine rings is 1. The number of amides is 2. The van der Waals surface area contributed by atoms with E-state index in [1.165, 1.54) is 9.80 Å². The topological polar surface area (TPSA) is 97.7 Å². The fraction of sp³-hybridized carbons (Fsp3) is 0.750. The number of amidine groups is 1. The molecule has 10 heteroatoms. The molecule has 0 N–H and O–H groups in total. The molecule has 1 heterocycles. The van der Waals surface area contributed by atoms with Crippen molar-refractivity contribution in [2.75, 3.05) is 33.2 Å². The minimum Gasteiger partial charge on any atom is -0.794 e. The van der Waals surface area contributed by atoms with Gasteiger partial charge in [-0.25, -0.2) is 4.79 Å². The molecule has 2 amide bonds. The van der Waals surface area contributed by atoms with Crippen molar-refractivity contribution < 1.29 is 47.0 Å². The third-order valence-electron chi connectivity index (χ3n) is 3.90. The van der Waals surface area contributed by atoms with Gasteiger partial charge in [-0.3, -0.25) is 9.69 Å². The second-order valence-electron chi connectivity index (χ2n) is 6.94. The van der Waals surface area contributed by atoms with Crippen LogP contribution < -0.4 is 0 Å². The van der Waals surface area contributed by atoms with Crippen molar-refractivity contribution in [2.45, 2.75) is 45.8 Å². The van der Waals surface area contributed by atoms with E-state index in [2.05, 4.69) is 0 Å². The summed E-state index contributed by atoms with van der Waals surface area (Å²) in [6.45, 7) is 8.52. The number of hydrogen-bond acceptors (Lipinski definition) is 3. The molecule has 1 fully saturated rings. The summed E-state index contributed by atoms with van der Waals surface area (Å²) in [6, 6.07) is -0.619. The fourth-order valence-corrected chi connectivity index (χ4v) is 2.67. The maximum atomic E-state index is 12.8. The van der Waals surface area contributed by atoms with Crippen molar-refractivity contribution in [3.05, 3.63) is 10.8 Å². The molecule has 1 aliphatic rings. The molecule has 0 aromatic heterocycles. The molecular weight excluding hydrogens is 435 g/mol. The van der Waals surface area contributed by atoms with E-state index in [4.69, 9.17) is 21.7 Å². The Morgan fingerprint density at radius 2 is 1.62 bits per heavy atom. The number of halogens is 1. The molecule has 1 radical (unpaired) electrons. The Morgan fingerprint density at radius 1 is 1.15 bits per heavy atom. The number of ether oxygens (including phenoxy) is 1. The molecule has 0 saturated carbocycles. The van der Waals surface area contributed by atoms with Gasteiger partial charge in [0.15, 0.2) is 0 Å². The standard InChI is InChI=1S/C16H26ClN5O3.Y/c1-6-11(20(5)15(24)25-16(2,3)4)14(23)22-9-7-21(8-10-22)13(19)12(17)18;/h11H,6-10H2,1-5H3;/q-2;. The van der Waals surface area contributed by atoms with Crippen molar-refractivity contribution in [1.29, 1.82) is 0 Å². The quantitative estimate of drug-likeness (QED) is 0.473. The smallest absolute Gasteiger partial charge is 0.410 e. The first kappa shape index (κ1) is 25.3. The zero-order valence-corrected chi connectivity index (χ0v) is 19.6. The van der Waals surface area contributed by atoms with E-state index in [0.717, 1.165) is 0 Å². The van der Waals surface area contributed by atoms with Gasteiger partial charge in [-0.05, 0) is 40.3 Å². The van der Waals surface area contributed by atoms with Crippen LogP contribution in [0.25, 0.3) is 10.8 Å². The minimum absolute atomic E-state index is 0. The number of rotatable bonds is 4. The summed E-state index contributed by atoms with van der Waals surface area (Å²) < 4.78 is 5.32. The van der Waals surface area contributed by atoms with Crippen LogP contribution in [0.4, 0.5) is 4.79 Å². The van der Waals surface area contributed by atoms with Crippen molar-refractivity contribution in [3.63, 3.8) is 0 Å². The Kier molecular flexibility index (Phi) is 10.3. The van der Waals surface area contributed by atoms with Crippen LogP contribution in [0.2, 0.25) is 0 Å². The molecule has 0 spiro atoms. The van der Waals surface area contributed by atoms with Crippen LogP contribution in [0.1, 0.15) is 34.1 Å². The first-order valence-corrected chi connectivity index (χ1v) is 8.63.